The summed E-state index contributed by atoms with van der Waals surface area (Å²) in [6.07, 6.45) is -0.757. The van der Waals surface area contributed by atoms with Gasteiger partial charge in [-0.15, -0.1) is 0 Å². The predicted octanol–water partition coefficient (Wildman–Crippen LogP) is 3.90. The van der Waals surface area contributed by atoms with Crippen LogP contribution in [0.15, 0.2) is 51.7 Å². The van der Waals surface area contributed by atoms with Crippen molar-refractivity contribution in [2.75, 3.05) is 7.11 Å². The lowest BCUT2D eigenvalue weighted by atomic mass is 10.1. The summed E-state index contributed by atoms with van der Waals surface area (Å²) in [7, 11) is 1.57. The van der Waals surface area contributed by atoms with Crippen LogP contribution >= 0.6 is 0 Å². The average molecular weight is 378 g/mol. The number of hydrogen-bond acceptors (Lipinski definition) is 6. The summed E-state index contributed by atoms with van der Waals surface area (Å²) in [6, 6.07) is 12.3. The van der Waals surface area contributed by atoms with Crippen molar-refractivity contribution in [2.45, 2.75) is 20.0 Å². The van der Waals surface area contributed by atoms with E-state index >= 15 is 0 Å². The predicted molar refractivity (Wildman–Crippen MR) is 104 cm³/mol. The Morgan fingerprint density at radius 2 is 1.96 bits per heavy atom. The molecule has 0 aliphatic carbocycles. The van der Waals surface area contributed by atoms with Crippen molar-refractivity contribution >= 4 is 27.8 Å². The molecular formula is C21H18N2O5. The van der Waals surface area contributed by atoms with Gasteiger partial charge in [-0.25, -0.2) is 9.78 Å². The molecule has 0 bridgehead atoms. The monoisotopic (exact) mass is 378 g/mol. The van der Waals surface area contributed by atoms with Crippen LogP contribution in [-0.4, -0.2) is 23.0 Å². The van der Waals surface area contributed by atoms with Crippen molar-refractivity contribution < 1.29 is 18.7 Å². The van der Waals surface area contributed by atoms with Crippen LogP contribution in [0.4, 0.5) is 0 Å². The van der Waals surface area contributed by atoms with E-state index in [1.54, 1.807) is 63.4 Å². The number of aromatic nitrogens is 2. The number of H-pyrrole nitrogens is 1. The number of hydrogen-bond donors (Lipinski definition) is 1. The number of nitrogens with zero attached hydrogens (tertiary/aromatic N) is 1. The molecule has 0 saturated carbocycles. The molecule has 7 nitrogen and oxygen atoms in total. The lowest BCUT2D eigenvalue weighted by Gasteiger charge is -2.12. The first-order chi connectivity index (χ1) is 13.5. The number of methoxy groups -OCH3 is 1. The minimum Gasteiger partial charge on any atom is -0.497 e. The first-order valence-corrected chi connectivity index (χ1v) is 8.75. The summed E-state index contributed by atoms with van der Waals surface area (Å²) in [5, 5.41) is 1.25. The number of carbonyl (C=O) groups is 1. The fourth-order valence-electron chi connectivity index (χ4n) is 3.09. The van der Waals surface area contributed by atoms with Crippen molar-refractivity contribution in [1.82, 2.24) is 9.97 Å². The van der Waals surface area contributed by atoms with Crippen molar-refractivity contribution in [3.05, 3.63) is 70.0 Å². The summed E-state index contributed by atoms with van der Waals surface area (Å²) >= 11 is 0. The SMILES string of the molecule is COc1ccc2oc(C(=O)O[C@H](C)c3nc4ccccc4c(=O)[nH]3)c(C)c2c1. The van der Waals surface area contributed by atoms with E-state index in [4.69, 9.17) is 13.9 Å². The van der Waals surface area contributed by atoms with Crippen molar-refractivity contribution in [3.8, 4) is 5.75 Å². The van der Waals surface area contributed by atoms with Crippen molar-refractivity contribution in [3.63, 3.8) is 0 Å². The third-order valence-corrected chi connectivity index (χ3v) is 4.63. The standard InChI is InChI=1S/C21H18N2O5/c1-11-15-10-13(26-3)8-9-17(15)28-18(11)21(25)27-12(2)19-22-16-7-5-4-6-14(16)20(24)23-19/h4-10,12H,1-3H3,(H,22,23,24)/t12-/m1/s1. The zero-order valence-corrected chi connectivity index (χ0v) is 15.6. The third kappa shape index (κ3) is 3.00. The van der Waals surface area contributed by atoms with Gasteiger partial charge in [-0.3, -0.25) is 4.79 Å². The molecule has 2 heterocycles. The molecule has 2 aromatic carbocycles. The lowest BCUT2D eigenvalue weighted by Crippen LogP contribution is -2.17. The number of nitrogens with one attached hydrogen (secondary N) is 1. The topological polar surface area (TPSA) is 94.4 Å². The van der Waals surface area contributed by atoms with E-state index in [0.29, 0.717) is 27.8 Å². The zero-order chi connectivity index (χ0) is 19.8. The van der Waals surface area contributed by atoms with Crippen LogP contribution < -0.4 is 10.3 Å². The van der Waals surface area contributed by atoms with Gasteiger partial charge in [-0.05, 0) is 44.2 Å². The van der Waals surface area contributed by atoms with Crippen LogP contribution in [-0.2, 0) is 4.74 Å². The van der Waals surface area contributed by atoms with Crippen molar-refractivity contribution in [1.29, 1.82) is 0 Å². The first kappa shape index (κ1) is 17.8. The number of furan rings is 1. The highest BCUT2D eigenvalue weighted by molar-refractivity contribution is 5.96. The Labute approximate surface area is 159 Å². The minimum atomic E-state index is -0.757. The number of aromatic amines is 1. The molecule has 1 N–H and O–H groups in total. The van der Waals surface area contributed by atoms with E-state index < -0.39 is 12.1 Å². The maximum absolute atomic E-state index is 12.7. The molecule has 4 rings (SSSR count). The van der Waals surface area contributed by atoms with Gasteiger partial charge in [-0.1, -0.05) is 12.1 Å². The smallest absolute Gasteiger partial charge is 0.375 e. The van der Waals surface area contributed by atoms with Crippen LogP contribution in [0.5, 0.6) is 5.75 Å². The molecule has 0 amide bonds. The highest BCUT2D eigenvalue weighted by Crippen LogP contribution is 2.30. The van der Waals surface area contributed by atoms with Crippen LogP contribution in [0.3, 0.4) is 0 Å². The quantitative estimate of drug-likeness (QED) is 0.541. The molecule has 0 spiro atoms. The maximum Gasteiger partial charge on any atom is 0.375 e. The second kappa shape index (κ2) is 6.84. The highest BCUT2D eigenvalue weighted by Gasteiger charge is 2.23. The molecule has 4 aromatic rings. The molecule has 7 heteroatoms. The Kier molecular flexibility index (Phi) is 4.35. The van der Waals surface area contributed by atoms with E-state index in [1.807, 2.05) is 0 Å². The van der Waals surface area contributed by atoms with Crippen LogP contribution in [0.25, 0.3) is 21.9 Å². The Bertz CT molecular complexity index is 1250. The summed E-state index contributed by atoms with van der Waals surface area (Å²) in [5.41, 5.74) is 1.48. The van der Waals surface area contributed by atoms with E-state index in [2.05, 4.69) is 9.97 Å². The van der Waals surface area contributed by atoms with Crippen LogP contribution in [0, 0.1) is 6.92 Å². The van der Waals surface area contributed by atoms with Gasteiger partial charge in [-0.2, -0.15) is 0 Å². The molecule has 0 unspecified atom stereocenters. The molecule has 0 fully saturated rings. The fourth-order valence-corrected chi connectivity index (χ4v) is 3.09. The number of ether oxygens (including phenoxy) is 2. The fraction of sp³-hybridized carbons (Fsp3) is 0.190. The molecular weight excluding hydrogens is 360 g/mol. The zero-order valence-electron chi connectivity index (χ0n) is 15.6. The van der Waals surface area contributed by atoms with E-state index in [-0.39, 0.29) is 17.1 Å². The summed E-state index contributed by atoms with van der Waals surface area (Å²) in [6.45, 7) is 3.43. The van der Waals surface area contributed by atoms with Gasteiger partial charge < -0.3 is 18.9 Å². The van der Waals surface area contributed by atoms with Crippen molar-refractivity contribution in [2.24, 2.45) is 0 Å². The van der Waals surface area contributed by atoms with Gasteiger partial charge in [0.2, 0.25) is 5.76 Å². The molecule has 28 heavy (non-hydrogen) atoms. The van der Waals surface area contributed by atoms with Gasteiger partial charge in [0.25, 0.3) is 5.56 Å². The molecule has 1 atom stereocenters. The molecule has 2 aromatic heterocycles. The Morgan fingerprint density at radius 3 is 2.75 bits per heavy atom. The average Bonchev–Trinajstić information content (AvgIpc) is 3.04. The highest BCUT2D eigenvalue weighted by atomic mass is 16.6. The minimum absolute atomic E-state index is 0.109. The molecule has 0 aliphatic heterocycles. The summed E-state index contributed by atoms with van der Waals surface area (Å²) in [5.74, 6) is 0.421. The lowest BCUT2D eigenvalue weighted by molar-refractivity contribution is 0.0285. The number of aryl methyl sites for hydroxylation is 1. The number of fused-ring (bicyclic) bond motifs is 2. The molecule has 0 aliphatic rings. The number of esters is 1. The Morgan fingerprint density at radius 1 is 1.18 bits per heavy atom. The summed E-state index contributed by atoms with van der Waals surface area (Å²) < 4.78 is 16.4. The van der Waals surface area contributed by atoms with E-state index in [0.717, 1.165) is 5.39 Å². The largest absolute Gasteiger partial charge is 0.497 e. The third-order valence-electron chi connectivity index (χ3n) is 4.63. The molecule has 0 saturated heterocycles. The van der Waals surface area contributed by atoms with E-state index in [1.165, 1.54) is 0 Å². The van der Waals surface area contributed by atoms with Gasteiger partial charge in [0.1, 0.15) is 11.3 Å². The van der Waals surface area contributed by atoms with Gasteiger partial charge in [0, 0.05) is 10.9 Å². The number of carbonyl (C=O) groups excluding carboxylic acids is 1. The summed E-state index contributed by atoms with van der Waals surface area (Å²) in [4.78, 5) is 31.9. The number of rotatable bonds is 4. The molecule has 142 valence electrons. The second-order valence-corrected chi connectivity index (χ2v) is 6.43. The Hall–Kier alpha value is -3.61. The van der Waals surface area contributed by atoms with Gasteiger partial charge >= 0.3 is 5.97 Å². The van der Waals surface area contributed by atoms with Gasteiger partial charge in [0.15, 0.2) is 11.9 Å². The Balaban J connectivity index is 1.64. The van der Waals surface area contributed by atoms with Crippen LogP contribution in [0.1, 0.15) is 35.0 Å². The first-order valence-electron chi connectivity index (χ1n) is 8.75. The van der Waals surface area contributed by atoms with Crippen LogP contribution in [0.2, 0.25) is 0 Å². The normalized spacial score (nSPS) is 12.2. The number of benzene rings is 2. The van der Waals surface area contributed by atoms with Gasteiger partial charge in [0.05, 0.1) is 18.0 Å². The molecule has 0 radical (unpaired) electrons. The van der Waals surface area contributed by atoms with E-state index in [9.17, 15) is 9.59 Å². The second-order valence-electron chi connectivity index (χ2n) is 6.43. The number of para-hydroxylation sites is 1. The maximum atomic E-state index is 12.7.